The zero-order chi connectivity index (χ0) is 17.1. The Hall–Kier alpha value is -2.70. The van der Waals surface area contributed by atoms with E-state index in [1.165, 1.54) is 19.2 Å². The topological polar surface area (TPSA) is 77.6 Å². The average molecular weight is 338 g/mol. The molecule has 0 radical (unpaired) electrons. The van der Waals surface area contributed by atoms with Crippen LogP contribution in [0.4, 0.5) is 5.95 Å². The second-order valence-electron chi connectivity index (χ2n) is 6.54. The summed E-state index contributed by atoms with van der Waals surface area (Å²) in [6.07, 6.45) is 9.10. The average Bonchev–Trinajstić information content (AvgIpc) is 3.35. The Kier molecular flexibility index (Phi) is 4.45. The van der Waals surface area contributed by atoms with Gasteiger partial charge in [-0.3, -0.25) is 14.8 Å². The van der Waals surface area contributed by atoms with Crippen molar-refractivity contribution in [2.45, 2.75) is 51.1 Å². The molecule has 2 aromatic heterocycles. The standard InChI is InChI=1S/C18H22N6O/c25-17(10-5-11-23-13-19-12-20-23)22-18-21-15-8-3-4-9-16(15)24(18)14-6-1-2-7-14/h3-4,8-9,12-14H,1-2,5-7,10-11H2,(H,21,22,25). The highest BCUT2D eigenvalue weighted by Gasteiger charge is 2.23. The third-order valence-electron chi connectivity index (χ3n) is 4.79. The monoisotopic (exact) mass is 338 g/mol. The molecule has 1 fully saturated rings. The van der Waals surface area contributed by atoms with E-state index in [1.54, 1.807) is 11.0 Å². The minimum absolute atomic E-state index is 0.00494. The molecule has 4 rings (SSSR count). The van der Waals surface area contributed by atoms with Gasteiger partial charge in [-0.25, -0.2) is 9.97 Å². The highest BCUT2D eigenvalue weighted by Crippen LogP contribution is 2.35. The summed E-state index contributed by atoms with van der Waals surface area (Å²) in [4.78, 5) is 20.9. The Bertz CT molecular complexity index is 848. The van der Waals surface area contributed by atoms with Gasteiger partial charge < -0.3 is 4.57 Å². The summed E-state index contributed by atoms with van der Waals surface area (Å²) in [5, 5.41) is 7.07. The van der Waals surface area contributed by atoms with Crippen LogP contribution in [0.2, 0.25) is 0 Å². The second-order valence-corrected chi connectivity index (χ2v) is 6.54. The highest BCUT2D eigenvalue weighted by molar-refractivity contribution is 5.91. The first-order chi connectivity index (χ1) is 12.3. The molecule has 1 saturated carbocycles. The fraction of sp³-hybridized carbons (Fsp3) is 0.444. The number of benzene rings is 1. The van der Waals surface area contributed by atoms with Crippen LogP contribution >= 0.6 is 0 Å². The van der Waals surface area contributed by atoms with Crippen molar-refractivity contribution in [2.24, 2.45) is 0 Å². The minimum atomic E-state index is -0.00494. The first-order valence-electron chi connectivity index (χ1n) is 8.90. The number of amides is 1. The summed E-state index contributed by atoms with van der Waals surface area (Å²) in [7, 11) is 0. The van der Waals surface area contributed by atoms with Gasteiger partial charge in [0.2, 0.25) is 11.9 Å². The van der Waals surface area contributed by atoms with E-state index in [-0.39, 0.29) is 5.91 Å². The molecule has 25 heavy (non-hydrogen) atoms. The summed E-state index contributed by atoms with van der Waals surface area (Å²) in [5.74, 6) is 0.675. The van der Waals surface area contributed by atoms with Gasteiger partial charge in [-0.15, -0.1) is 0 Å². The zero-order valence-electron chi connectivity index (χ0n) is 14.1. The van der Waals surface area contributed by atoms with Crippen molar-refractivity contribution in [3.63, 3.8) is 0 Å². The van der Waals surface area contributed by atoms with Gasteiger partial charge in [0.1, 0.15) is 12.7 Å². The van der Waals surface area contributed by atoms with Crippen LogP contribution in [0.5, 0.6) is 0 Å². The number of aromatic nitrogens is 5. The van der Waals surface area contributed by atoms with Crippen molar-refractivity contribution in [3.05, 3.63) is 36.9 Å². The molecule has 0 unspecified atom stereocenters. The Morgan fingerprint density at radius 3 is 2.88 bits per heavy atom. The fourth-order valence-corrected chi connectivity index (χ4v) is 3.60. The van der Waals surface area contributed by atoms with Gasteiger partial charge in [0.05, 0.1) is 11.0 Å². The maximum Gasteiger partial charge on any atom is 0.226 e. The first kappa shape index (κ1) is 15.8. The fourth-order valence-electron chi connectivity index (χ4n) is 3.60. The molecule has 1 N–H and O–H groups in total. The molecule has 0 saturated heterocycles. The van der Waals surface area contributed by atoms with E-state index < -0.39 is 0 Å². The number of nitrogens with one attached hydrogen (secondary N) is 1. The van der Waals surface area contributed by atoms with E-state index in [0.717, 1.165) is 30.3 Å². The zero-order valence-corrected chi connectivity index (χ0v) is 14.1. The normalized spacial score (nSPS) is 15.0. The minimum Gasteiger partial charge on any atom is -0.307 e. The van der Waals surface area contributed by atoms with Crippen LogP contribution in [0.25, 0.3) is 11.0 Å². The third kappa shape index (κ3) is 3.40. The predicted octanol–water partition coefficient (Wildman–Crippen LogP) is 3.16. The van der Waals surface area contributed by atoms with Gasteiger partial charge in [-0.05, 0) is 31.4 Å². The molecule has 1 aromatic carbocycles. The smallest absolute Gasteiger partial charge is 0.226 e. The van der Waals surface area contributed by atoms with Crippen LogP contribution < -0.4 is 5.32 Å². The molecular weight excluding hydrogens is 316 g/mol. The summed E-state index contributed by atoms with van der Waals surface area (Å²) in [6, 6.07) is 8.53. The Labute approximate surface area is 146 Å². The number of anilines is 1. The largest absolute Gasteiger partial charge is 0.307 e. The lowest BCUT2D eigenvalue weighted by atomic mass is 10.2. The Morgan fingerprint density at radius 1 is 1.24 bits per heavy atom. The van der Waals surface area contributed by atoms with E-state index in [0.29, 0.717) is 25.0 Å². The summed E-state index contributed by atoms with van der Waals surface area (Å²) >= 11 is 0. The number of aryl methyl sites for hydroxylation is 1. The number of fused-ring (bicyclic) bond motifs is 1. The van der Waals surface area contributed by atoms with Crippen molar-refractivity contribution in [1.29, 1.82) is 0 Å². The maximum absolute atomic E-state index is 12.4. The molecule has 0 atom stereocenters. The van der Waals surface area contributed by atoms with E-state index in [9.17, 15) is 4.79 Å². The Morgan fingerprint density at radius 2 is 2.08 bits per heavy atom. The lowest BCUT2D eigenvalue weighted by Crippen LogP contribution is -2.18. The molecule has 2 heterocycles. The van der Waals surface area contributed by atoms with E-state index in [1.807, 2.05) is 18.2 Å². The number of hydrogen-bond acceptors (Lipinski definition) is 4. The lowest BCUT2D eigenvalue weighted by molar-refractivity contribution is -0.116. The number of rotatable bonds is 6. The number of carbonyl (C=O) groups excluding carboxylic acids is 1. The first-order valence-corrected chi connectivity index (χ1v) is 8.90. The maximum atomic E-state index is 12.4. The second kappa shape index (κ2) is 7.04. The SMILES string of the molecule is O=C(CCCn1cncn1)Nc1nc2ccccc2n1C1CCCC1. The molecule has 3 aromatic rings. The number of carbonyl (C=O) groups is 1. The molecule has 7 nitrogen and oxygen atoms in total. The molecule has 1 aliphatic carbocycles. The molecule has 130 valence electrons. The predicted molar refractivity (Wildman–Crippen MR) is 95.1 cm³/mol. The third-order valence-corrected chi connectivity index (χ3v) is 4.79. The van der Waals surface area contributed by atoms with Crippen molar-refractivity contribution < 1.29 is 4.79 Å². The highest BCUT2D eigenvalue weighted by atomic mass is 16.1. The summed E-state index contributed by atoms with van der Waals surface area (Å²) in [5.41, 5.74) is 2.04. The number of nitrogens with zero attached hydrogens (tertiary/aromatic N) is 5. The van der Waals surface area contributed by atoms with E-state index >= 15 is 0 Å². The number of imidazole rings is 1. The van der Waals surface area contributed by atoms with E-state index in [4.69, 9.17) is 0 Å². The molecule has 0 bridgehead atoms. The van der Waals surface area contributed by atoms with Crippen molar-refractivity contribution in [1.82, 2.24) is 24.3 Å². The van der Waals surface area contributed by atoms with Gasteiger partial charge in [0.15, 0.2) is 0 Å². The van der Waals surface area contributed by atoms with Crippen LogP contribution in [0.3, 0.4) is 0 Å². The molecular formula is C18H22N6O. The molecule has 1 amide bonds. The van der Waals surface area contributed by atoms with E-state index in [2.05, 4.69) is 31.0 Å². The van der Waals surface area contributed by atoms with Crippen LogP contribution in [-0.2, 0) is 11.3 Å². The van der Waals surface area contributed by atoms with Gasteiger partial charge >= 0.3 is 0 Å². The van der Waals surface area contributed by atoms with Crippen LogP contribution in [-0.4, -0.2) is 30.2 Å². The van der Waals surface area contributed by atoms with Crippen LogP contribution in [0.1, 0.15) is 44.6 Å². The molecule has 0 spiro atoms. The molecule has 7 heteroatoms. The number of para-hydroxylation sites is 2. The summed E-state index contributed by atoms with van der Waals surface area (Å²) < 4.78 is 3.96. The number of hydrogen-bond donors (Lipinski definition) is 1. The Balaban J connectivity index is 1.48. The molecule has 0 aliphatic heterocycles. The van der Waals surface area contributed by atoms with Crippen molar-refractivity contribution >= 4 is 22.9 Å². The van der Waals surface area contributed by atoms with Gasteiger partial charge in [-0.1, -0.05) is 25.0 Å². The van der Waals surface area contributed by atoms with Gasteiger partial charge in [0, 0.05) is 19.0 Å². The summed E-state index contributed by atoms with van der Waals surface area (Å²) in [6.45, 7) is 0.687. The van der Waals surface area contributed by atoms with Crippen molar-refractivity contribution in [2.75, 3.05) is 5.32 Å². The van der Waals surface area contributed by atoms with Crippen molar-refractivity contribution in [3.8, 4) is 0 Å². The lowest BCUT2D eigenvalue weighted by Gasteiger charge is -2.16. The van der Waals surface area contributed by atoms with Gasteiger partial charge in [-0.2, -0.15) is 5.10 Å². The van der Waals surface area contributed by atoms with Gasteiger partial charge in [0.25, 0.3) is 0 Å². The van der Waals surface area contributed by atoms with Crippen LogP contribution in [0.15, 0.2) is 36.9 Å². The van der Waals surface area contributed by atoms with Crippen LogP contribution in [0, 0.1) is 0 Å². The quantitative estimate of drug-likeness (QED) is 0.749. The molecule has 1 aliphatic rings.